The van der Waals surface area contributed by atoms with Crippen LogP contribution in [0.1, 0.15) is 12.8 Å². The molecule has 1 fully saturated rings. The zero-order chi connectivity index (χ0) is 13.9. The van der Waals surface area contributed by atoms with Crippen molar-refractivity contribution in [2.45, 2.75) is 18.9 Å². The van der Waals surface area contributed by atoms with Gasteiger partial charge in [-0.1, -0.05) is 12.1 Å². The minimum Gasteiger partial charge on any atom is -0.490 e. The molecule has 3 rings (SSSR count). The van der Waals surface area contributed by atoms with E-state index in [0.717, 1.165) is 43.1 Å². The number of rotatable bonds is 3. The summed E-state index contributed by atoms with van der Waals surface area (Å²) in [7, 11) is 1.83. The standard InChI is InChI=1S/C15H19N3O2/c1-18-15(16)10-14(17-18)11-3-2-4-13(9-11)20-12-5-7-19-8-6-12/h2-4,9-10,12H,5-8,16H2,1H3. The number of aryl methyl sites for hydroxylation is 1. The number of nitrogens with zero attached hydrogens (tertiary/aromatic N) is 2. The summed E-state index contributed by atoms with van der Waals surface area (Å²) in [6.45, 7) is 1.56. The van der Waals surface area contributed by atoms with Crippen molar-refractivity contribution in [1.29, 1.82) is 0 Å². The van der Waals surface area contributed by atoms with Gasteiger partial charge in [0.2, 0.25) is 0 Å². The van der Waals surface area contributed by atoms with Crippen molar-refractivity contribution in [3.8, 4) is 17.0 Å². The predicted molar refractivity (Wildman–Crippen MR) is 77.5 cm³/mol. The van der Waals surface area contributed by atoms with Crippen molar-refractivity contribution in [3.05, 3.63) is 30.3 Å². The van der Waals surface area contributed by atoms with Crippen LogP contribution >= 0.6 is 0 Å². The zero-order valence-electron chi connectivity index (χ0n) is 11.6. The first kappa shape index (κ1) is 13.0. The molecule has 1 aliphatic heterocycles. The molecule has 0 atom stereocenters. The van der Waals surface area contributed by atoms with E-state index >= 15 is 0 Å². The fourth-order valence-electron chi connectivity index (χ4n) is 2.34. The molecule has 2 N–H and O–H groups in total. The molecule has 0 aliphatic carbocycles. The van der Waals surface area contributed by atoms with Gasteiger partial charge in [-0.2, -0.15) is 5.10 Å². The summed E-state index contributed by atoms with van der Waals surface area (Å²) in [6.07, 6.45) is 2.13. The average Bonchev–Trinajstić information content (AvgIpc) is 2.80. The van der Waals surface area contributed by atoms with Gasteiger partial charge in [-0.05, 0) is 12.1 Å². The molecule has 5 heteroatoms. The molecule has 2 aromatic rings. The first-order chi connectivity index (χ1) is 9.72. The maximum atomic E-state index is 6.01. The number of ether oxygens (including phenoxy) is 2. The van der Waals surface area contributed by atoms with Gasteiger partial charge >= 0.3 is 0 Å². The Kier molecular flexibility index (Phi) is 3.60. The second-order valence-corrected chi connectivity index (χ2v) is 5.04. The number of hydrogen-bond donors (Lipinski definition) is 1. The van der Waals surface area contributed by atoms with E-state index in [-0.39, 0.29) is 6.10 Å². The molecule has 20 heavy (non-hydrogen) atoms. The molecule has 0 radical (unpaired) electrons. The van der Waals surface area contributed by atoms with Crippen LogP contribution in [0.15, 0.2) is 30.3 Å². The molecule has 1 aliphatic rings. The third kappa shape index (κ3) is 2.77. The van der Waals surface area contributed by atoms with E-state index < -0.39 is 0 Å². The number of anilines is 1. The van der Waals surface area contributed by atoms with Gasteiger partial charge in [0.15, 0.2) is 0 Å². The maximum Gasteiger partial charge on any atom is 0.121 e. The summed E-state index contributed by atoms with van der Waals surface area (Å²) in [5.41, 5.74) is 7.70. The van der Waals surface area contributed by atoms with Crippen molar-refractivity contribution in [2.24, 2.45) is 7.05 Å². The first-order valence-electron chi connectivity index (χ1n) is 6.87. The van der Waals surface area contributed by atoms with Crippen molar-refractivity contribution in [1.82, 2.24) is 9.78 Å². The molecule has 0 bridgehead atoms. The predicted octanol–water partition coefficient (Wildman–Crippen LogP) is 2.23. The Hall–Kier alpha value is -2.01. The number of nitrogen functional groups attached to an aromatic ring is 1. The van der Waals surface area contributed by atoms with E-state index in [2.05, 4.69) is 5.10 Å². The molecule has 106 valence electrons. The van der Waals surface area contributed by atoms with Crippen LogP contribution in [0, 0.1) is 0 Å². The highest BCUT2D eigenvalue weighted by atomic mass is 16.5. The molecule has 0 spiro atoms. The summed E-state index contributed by atoms with van der Waals surface area (Å²) >= 11 is 0. The zero-order valence-corrected chi connectivity index (χ0v) is 11.6. The molecule has 1 aromatic heterocycles. The first-order valence-corrected chi connectivity index (χ1v) is 6.87. The molecule has 1 saturated heterocycles. The van der Waals surface area contributed by atoms with E-state index in [4.69, 9.17) is 15.2 Å². The topological polar surface area (TPSA) is 62.3 Å². The van der Waals surface area contributed by atoms with E-state index in [1.54, 1.807) is 4.68 Å². The van der Waals surface area contributed by atoms with Crippen LogP contribution in [-0.2, 0) is 11.8 Å². The van der Waals surface area contributed by atoms with Crippen LogP contribution in [0.3, 0.4) is 0 Å². The Bertz CT molecular complexity index is 569. The Balaban J connectivity index is 1.78. The fraction of sp³-hybridized carbons (Fsp3) is 0.400. The van der Waals surface area contributed by atoms with Crippen LogP contribution in [0.25, 0.3) is 11.3 Å². The Morgan fingerprint density at radius 2 is 2.10 bits per heavy atom. The van der Waals surface area contributed by atoms with E-state index in [9.17, 15) is 0 Å². The van der Waals surface area contributed by atoms with Gasteiger partial charge in [0.1, 0.15) is 17.7 Å². The monoisotopic (exact) mass is 273 g/mol. The van der Waals surface area contributed by atoms with Gasteiger partial charge < -0.3 is 15.2 Å². The Morgan fingerprint density at radius 1 is 1.30 bits per heavy atom. The van der Waals surface area contributed by atoms with Gasteiger partial charge in [-0.15, -0.1) is 0 Å². The third-order valence-electron chi connectivity index (χ3n) is 3.52. The lowest BCUT2D eigenvalue weighted by Gasteiger charge is -2.23. The number of benzene rings is 1. The number of aromatic nitrogens is 2. The molecule has 2 heterocycles. The number of nitrogens with two attached hydrogens (primary N) is 1. The van der Waals surface area contributed by atoms with Crippen molar-refractivity contribution in [3.63, 3.8) is 0 Å². The lowest BCUT2D eigenvalue weighted by Crippen LogP contribution is -2.25. The summed E-state index contributed by atoms with van der Waals surface area (Å²) in [4.78, 5) is 0. The average molecular weight is 273 g/mol. The van der Waals surface area contributed by atoms with E-state index in [1.807, 2.05) is 37.4 Å². The SMILES string of the molecule is Cn1nc(-c2cccc(OC3CCOCC3)c2)cc1N. The summed E-state index contributed by atoms with van der Waals surface area (Å²) < 4.78 is 13.0. The highest BCUT2D eigenvalue weighted by Crippen LogP contribution is 2.25. The minimum absolute atomic E-state index is 0.243. The van der Waals surface area contributed by atoms with Crippen LogP contribution in [-0.4, -0.2) is 29.1 Å². The van der Waals surface area contributed by atoms with Crippen LogP contribution in [0.4, 0.5) is 5.82 Å². The summed E-state index contributed by atoms with van der Waals surface area (Å²) in [5, 5.41) is 4.38. The molecular formula is C15H19N3O2. The summed E-state index contributed by atoms with van der Waals surface area (Å²) in [5.74, 6) is 1.52. The van der Waals surface area contributed by atoms with Crippen molar-refractivity contribution in [2.75, 3.05) is 18.9 Å². The third-order valence-corrected chi connectivity index (χ3v) is 3.52. The van der Waals surface area contributed by atoms with Crippen LogP contribution in [0.2, 0.25) is 0 Å². The molecular weight excluding hydrogens is 254 g/mol. The van der Waals surface area contributed by atoms with Gasteiger partial charge in [0, 0.05) is 31.5 Å². The maximum absolute atomic E-state index is 6.01. The van der Waals surface area contributed by atoms with Gasteiger partial charge in [0.25, 0.3) is 0 Å². The molecule has 0 unspecified atom stereocenters. The largest absolute Gasteiger partial charge is 0.490 e. The van der Waals surface area contributed by atoms with Crippen LogP contribution in [0.5, 0.6) is 5.75 Å². The normalized spacial score (nSPS) is 16.2. The van der Waals surface area contributed by atoms with E-state index in [1.165, 1.54) is 0 Å². The van der Waals surface area contributed by atoms with Gasteiger partial charge in [-0.3, -0.25) is 4.68 Å². The minimum atomic E-state index is 0.243. The molecule has 1 aromatic carbocycles. The lowest BCUT2D eigenvalue weighted by molar-refractivity contribution is 0.0256. The summed E-state index contributed by atoms with van der Waals surface area (Å²) in [6, 6.07) is 9.85. The van der Waals surface area contributed by atoms with Crippen molar-refractivity contribution >= 4 is 5.82 Å². The highest BCUT2D eigenvalue weighted by molar-refractivity contribution is 5.63. The van der Waals surface area contributed by atoms with Crippen LogP contribution < -0.4 is 10.5 Å². The quantitative estimate of drug-likeness (QED) is 0.931. The molecule has 5 nitrogen and oxygen atoms in total. The molecule has 0 saturated carbocycles. The smallest absolute Gasteiger partial charge is 0.121 e. The number of hydrogen-bond acceptors (Lipinski definition) is 4. The van der Waals surface area contributed by atoms with Crippen molar-refractivity contribution < 1.29 is 9.47 Å². The Morgan fingerprint density at radius 3 is 2.80 bits per heavy atom. The van der Waals surface area contributed by atoms with Gasteiger partial charge in [0.05, 0.1) is 18.9 Å². The highest BCUT2D eigenvalue weighted by Gasteiger charge is 2.15. The second kappa shape index (κ2) is 5.54. The Labute approximate surface area is 118 Å². The lowest BCUT2D eigenvalue weighted by atomic mass is 10.1. The van der Waals surface area contributed by atoms with E-state index in [0.29, 0.717) is 5.82 Å². The fourth-order valence-corrected chi connectivity index (χ4v) is 2.34. The molecule has 0 amide bonds. The second-order valence-electron chi connectivity index (χ2n) is 5.04. The van der Waals surface area contributed by atoms with Gasteiger partial charge in [-0.25, -0.2) is 0 Å².